The second kappa shape index (κ2) is 5.90. The first-order valence-electron chi connectivity index (χ1n) is 6.28. The molecule has 112 valence electrons. The van der Waals surface area contributed by atoms with Gasteiger partial charge in [-0.25, -0.2) is 9.97 Å². The summed E-state index contributed by atoms with van der Waals surface area (Å²) in [7, 11) is 0. The first-order valence-corrected chi connectivity index (χ1v) is 7.54. The van der Waals surface area contributed by atoms with Gasteiger partial charge in [0.2, 0.25) is 0 Å². The van der Waals surface area contributed by atoms with Crippen LogP contribution in [0.4, 0.5) is 0 Å². The highest BCUT2D eigenvalue weighted by Gasteiger charge is 2.19. The van der Waals surface area contributed by atoms with E-state index in [-0.39, 0.29) is 0 Å². The minimum atomic E-state index is -0.918. The highest BCUT2D eigenvalue weighted by atomic mass is 35.5. The number of hydrogen-bond acceptors (Lipinski definition) is 6. The first kappa shape index (κ1) is 14.7. The number of rotatable bonds is 4. The summed E-state index contributed by atoms with van der Waals surface area (Å²) in [6.07, 6.45) is 1.36. The lowest BCUT2D eigenvalue weighted by Crippen LogP contribution is -2.11. The van der Waals surface area contributed by atoms with Gasteiger partial charge in [-0.3, -0.25) is 4.79 Å². The maximum atomic E-state index is 11.0. The Morgan fingerprint density at radius 1 is 1.41 bits per heavy atom. The molecule has 2 aromatic heterocycles. The molecule has 0 aliphatic carbocycles. The second-order valence-electron chi connectivity index (χ2n) is 4.43. The van der Waals surface area contributed by atoms with Crippen LogP contribution in [0, 0.1) is 0 Å². The van der Waals surface area contributed by atoms with Crippen molar-refractivity contribution in [2.24, 2.45) is 0 Å². The lowest BCUT2D eigenvalue weighted by molar-refractivity contribution is -0.136. The minimum Gasteiger partial charge on any atom is -0.480 e. The Labute approximate surface area is 134 Å². The van der Waals surface area contributed by atoms with E-state index in [4.69, 9.17) is 16.7 Å². The predicted molar refractivity (Wildman–Crippen MR) is 82.4 cm³/mol. The highest BCUT2D eigenvalue weighted by Crippen LogP contribution is 2.27. The monoisotopic (exact) mass is 335 g/mol. The molecule has 0 saturated carbocycles. The van der Waals surface area contributed by atoms with Gasteiger partial charge in [0, 0.05) is 5.02 Å². The average Bonchev–Trinajstić information content (AvgIpc) is 2.92. The molecule has 22 heavy (non-hydrogen) atoms. The first-order chi connectivity index (χ1) is 10.6. The van der Waals surface area contributed by atoms with Crippen LogP contribution in [-0.4, -0.2) is 41.3 Å². The van der Waals surface area contributed by atoms with Crippen LogP contribution < -0.4 is 0 Å². The van der Waals surface area contributed by atoms with Gasteiger partial charge in [0.1, 0.15) is 16.6 Å². The van der Waals surface area contributed by atoms with Gasteiger partial charge in [-0.05, 0) is 25.1 Å². The van der Waals surface area contributed by atoms with E-state index in [9.17, 15) is 4.79 Å². The number of thioether (sulfide) groups is 1. The fourth-order valence-corrected chi connectivity index (χ4v) is 2.79. The van der Waals surface area contributed by atoms with Crippen molar-refractivity contribution >= 4 is 40.5 Å². The third-order valence-electron chi connectivity index (χ3n) is 2.89. The normalized spacial score (nSPS) is 12.5. The van der Waals surface area contributed by atoms with Gasteiger partial charge in [0.05, 0.1) is 5.69 Å². The number of carbonyl (C=O) groups is 1. The summed E-state index contributed by atoms with van der Waals surface area (Å²) in [6.45, 7) is 1.59. The second-order valence-corrected chi connectivity index (χ2v) is 6.20. The number of benzene rings is 1. The molecule has 1 aromatic carbocycles. The Balaban J connectivity index is 2.07. The number of aliphatic carboxylic acids is 1. The average molecular weight is 336 g/mol. The number of carboxylic acid groups (broad SMARTS) is 1. The van der Waals surface area contributed by atoms with E-state index in [0.717, 1.165) is 17.4 Å². The summed E-state index contributed by atoms with van der Waals surface area (Å²) in [5.41, 5.74) is 1.67. The molecule has 0 saturated heterocycles. The quantitative estimate of drug-likeness (QED) is 0.578. The van der Waals surface area contributed by atoms with Crippen molar-refractivity contribution in [1.82, 2.24) is 25.0 Å². The summed E-state index contributed by atoms with van der Waals surface area (Å²) in [6, 6.07) is 7.13. The van der Waals surface area contributed by atoms with Crippen molar-refractivity contribution in [3.05, 3.63) is 35.6 Å². The van der Waals surface area contributed by atoms with Crippen LogP contribution in [0.25, 0.3) is 16.9 Å². The zero-order valence-corrected chi connectivity index (χ0v) is 12.9. The van der Waals surface area contributed by atoms with E-state index in [1.807, 2.05) is 6.07 Å². The zero-order chi connectivity index (χ0) is 15.7. The molecule has 0 bridgehead atoms. The van der Waals surface area contributed by atoms with Gasteiger partial charge in [-0.15, -0.1) is 5.10 Å². The summed E-state index contributed by atoms with van der Waals surface area (Å²) in [5, 5.41) is 17.6. The van der Waals surface area contributed by atoms with Crippen LogP contribution in [0.3, 0.4) is 0 Å². The van der Waals surface area contributed by atoms with Gasteiger partial charge in [0.25, 0.3) is 0 Å². The maximum Gasteiger partial charge on any atom is 0.316 e. The van der Waals surface area contributed by atoms with Gasteiger partial charge >= 0.3 is 5.97 Å². The summed E-state index contributed by atoms with van der Waals surface area (Å²) >= 11 is 7.08. The lowest BCUT2D eigenvalue weighted by Gasteiger charge is -2.05. The predicted octanol–water partition coefficient (Wildman–Crippen LogP) is 2.43. The van der Waals surface area contributed by atoms with Crippen molar-refractivity contribution in [3.63, 3.8) is 0 Å². The molecule has 3 aromatic rings. The number of fused-ring (bicyclic) bond motifs is 1. The van der Waals surface area contributed by atoms with Crippen molar-refractivity contribution < 1.29 is 9.90 Å². The number of hydrogen-bond donors (Lipinski definition) is 1. The third kappa shape index (κ3) is 2.75. The maximum absolute atomic E-state index is 11.0. The molecule has 0 aliphatic heterocycles. The SMILES string of the molecule is C[C@H](Sc1ncnc2c1nnn2-c1cccc(Cl)c1)C(=O)O. The fraction of sp³-hybridized carbons (Fsp3) is 0.154. The Kier molecular flexibility index (Phi) is 3.95. The largest absolute Gasteiger partial charge is 0.480 e. The molecule has 0 amide bonds. The van der Waals surface area contributed by atoms with Crippen LogP contribution in [0.5, 0.6) is 0 Å². The van der Waals surface area contributed by atoms with Crippen LogP contribution in [-0.2, 0) is 4.79 Å². The van der Waals surface area contributed by atoms with E-state index in [1.54, 1.807) is 29.8 Å². The Bertz CT molecular complexity index is 853. The molecule has 0 spiro atoms. The fourth-order valence-electron chi connectivity index (χ4n) is 1.81. The molecule has 3 rings (SSSR count). The molecule has 1 atom stereocenters. The van der Waals surface area contributed by atoms with Crippen LogP contribution >= 0.6 is 23.4 Å². The van der Waals surface area contributed by atoms with E-state index in [1.165, 1.54) is 6.33 Å². The van der Waals surface area contributed by atoms with Crippen molar-refractivity contribution in [2.75, 3.05) is 0 Å². The molecule has 9 heteroatoms. The molecule has 1 N–H and O–H groups in total. The number of carboxylic acids is 1. The van der Waals surface area contributed by atoms with Gasteiger partial charge in [0.15, 0.2) is 11.2 Å². The van der Waals surface area contributed by atoms with E-state index < -0.39 is 11.2 Å². The Morgan fingerprint density at radius 2 is 2.23 bits per heavy atom. The summed E-state index contributed by atoms with van der Waals surface area (Å²) < 4.78 is 1.54. The molecule has 0 radical (unpaired) electrons. The number of halogens is 1. The molecule has 0 unspecified atom stereocenters. The molecular weight excluding hydrogens is 326 g/mol. The van der Waals surface area contributed by atoms with Crippen molar-refractivity contribution in [1.29, 1.82) is 0 Å². The van der Waals surface area contributed by atoms with E-state index >= 15 is 0 Å². The minimum absolute atomic E-state index is 0.459. The molecule has 7 nitrogen and oxygen atoms in total. The van der Waals surface area contributed by atoms with Gasteiger partial charge in [-0.2, -0.15) is 4.68 Å². The van der Waals surface area contributed by atoms with E-state index in [0.29, 0.717) is 21.2 Å². The number of aromatic nitrogens is 5. The Hall–Kier alpha value is -2.19. The standard InChI is InChI=1S/C13H10ClN5O2S/c1-7(13(20)21)22-12-10-11(15-6-16-12)19(18-17-10)9-4-2-3-8(14)5-9/h2-7H,1H3,(H,20,21)/t7-/m0/s1. The van der Waals surface area contributed by atoms with Gasteiger partial charge in [-0.1, -0.05) is 34.6 Å². The Morgan fingerprint density at radius 3 is 2.95 bits per heavy atom. The van der Waals surface area contributed by atoms with E-state index in [2.05, 4.69) is 20.3 Å². The number of nitrogens with zero attached hydrogens (tertiary/aromatic N) is 5. The van der Waals surface area contributed by atoms with Gasteiger partial charge < -0.3 is 5.11 Å². The molecule has 2 heterocycles. The van der Waals surface area contributed by atoms with Crippen LogP contribution in [0.15, 0.2) is 35.6 Å². The van der Waals surface area contributed by atoms with Crippen molar-refractivity contribution in [3.8, 4) is 5.69 Å². The molecular formula is C13H10ClN5O2S. The third-order valence-corrected chi connectivity index (χ3v) is 4.21. The zero-order valence-electron chi connectivity index (χ0n) is 11.3. The molecule has 0 aliphatic rings. The van der Waals surface area contributed by atoms with Crippen molar-refractivity contribution in [2.45, 2.75) is 17.2 Å². The highest BCUT2D eigenvalue weighted by molar-refractivity contribution is 8.00. The topological polar surface area (TPSA) is 93.8 Å². The van der Waals surface area contributed by atoms with Crippen LogP contribution in [0.2, 0.25) is 5.02 Å². The summed E-state index contributed by atoms with van der Waals surface area (Å²) in [4.78, 5) is 19.3. The molecule has 0 fully saturated rings. The smallest absolute Gasteiger partial charge is 0.316 e. The summed E-state index contributed by atoms with van der Waals surface area (Å²) in [5.74, 6) is -0.918. The van der Waals surface area contributed by atoms with Crippen LogP contribution in [0.1, 0.15) is 6.92 Å². The lowest BCUT2D eigenvalue weighted by atomic mass is 10.3.